The number of hydrogen-bond donors (Lipinski definition) is 2. The Bertz CT molecular complexity index is 899. The predicted molar refractivity (Wildman–Crippen MR) is 114 cm³/mol. The molecular formula is C19H19F4N5S2. The van der Waals surface area contributed by atoms with Crippen LogP contribution in [0.1, 0.15) is 17.5 Å². The maximum Gasteiger partial charge on any atom is 0.416 e. The third-order valence-corrected chi connectivity index (χ3v) is 5.35. The smallest absolute Gasteiger partial charge is 0.295 e. The molecule has 30 heavy (non-hydrogen) atoms. The highest BCUT2D eigenvalue weighted by molar-refractivity contribution is 7.98. The second-order valence-corrected chi connectivity index (χ2v) is 7.85. The molecule has 1 heterocycles. The molecule has 0 atom stereocenters. The van der Waals surface area contributed by atoms with Crippen LogP contribution in [0.25, 0.3) is 0 Å². The fourth-order valence-corrected chi connectivity index (χ4v) is 3.49. The molecule has 0 aliphatic carbocycles. The van der Waals surface area contributed by atoms with Crippen LogP contribution in [0.4, 0.5) is 17.6 Å². The summed E-state index contributed by atoms with van der Waals surface area (Å²) in [6, 6.07) is 11.0. The fraction of sp³-hybridized carbons (Fsp3) is 0.263. The number of nitrogens with two attached hydrogens (primary N) is 1. The van der Waals surface area contributed by atoms with Gasteiger partial charge in [-0.1, -0.05) is 24.1 Å². The first kappa shape index (κ1) is 22.4. The lowest BCUT2D eigenvalue weighted by Gasteiger charge is -2.17. The summed E-state index contributed by atoms with van der Waals surface area (Å²) in [7, 11) is 0. The molecule has 2 aromatic carbocycles. The number of nitrogens with one attached hydrogen (secondary N) is 1. The van der Waals surface area contributed by atoms with Crippen molar-refractivity contribution in [1.82, 2.24) is 9.73 Å². The monoisotopic (exact) mass is 457 g/mol. The van der Waals surface area contributed by atoms with Crippen LogP contribution in [0.15, 0.2) is 63.5 Å². The van der Waals surface area contributed by atoms with E-state index in [1.165, 1.54) is 36.2 Å². The molecule has 0 fully saturated rings. The van der Waals surface area contributed by atoms with Gasteiger partial charge in [-0.3, -0.25) is 9.86 Å². The zero-order valence-corrected chi connectivity index (χ0v) is 17.3. The van der Waals surface area contributed by atoms with Gasteiger partial charge in [0, 0.05) is 17.1 Å². The third-order valence-electron chi connectivity index (χ3n) is 4.14. The molecule has 5 nitrogen and oxygen atoms in total. The lowest BCUT2D eigenvalue weighted by atomic mass is 10.1. The minimum Gasteiger partial charge on any atom is -0.295 e. The standard InChI is InChI=1S/C19H19F4N5S2/c20-15-5-1-13(2-6-15)17-9-11-28(26-17)18(25-10-12-29-24)27-30-16-7-3-14(4-8-16)19(21,22)23/h1-8H,9-12,24H2,(H,25,27). The molecular weight excluding hydrogens is 438 g/mol. The van der Waals surface area contributed by atoms with Gasteiger partial charge in [0.15, 0.2) is 0 Å². The third kappa shape index (κ3) is 6.13. The Morgan fingerprint density at radius 3 is 2.47 bits per heavy atom. The fourth-order valence-electron chi connectivity index (χ4n) is 2.64. The maximum atomic E-state index is 13.1. The minimum atomic E-state index is -4.37. The molecule has 1 aliphatic rings. The molecule has 0 aromatic heterocycles. The number of hydrazone groups is 1. The van der Waals surface area contributed by atoms with Gasteiger partial charge in [0.2, 0.25) is 5.96 Å². The average Bonchev–Trinajstić information content (AvgIpc) is 3.21. The predicted octanol–water partition coefficient (Wildman–Crippen LogP) is 4.51. The molecule has 1 aliphatic heterocycles. The molecule has 0 amide bonds. The Hall–Kier alpha value is -2.24. The number of alkyl halides is 3. The van der Waals surface area contributed by atoms with Crippen molar-refractivity contribution in [3.8, 4) is 0 Å². The number of rotatable bonds is 6. The maximum absolute atomic E-state index is 13.1. The number of guanidine groups is 1. The number of aliphatic imine (C=N–C) groups is 1. The van der Waals surface area contributed by atoms with E-state index < -0.39 is 11.7 Å². The van der Waals surface area contributed by atoms with Crippen LogP contribution in [-0.2, 0) is 6.18 Å². The van der Waals surface area contributed by atoms with Gasteiger partial charge in [0.05, 0.1) is 24.4 Å². The Morgan fingerprint density at radius 2 is 1.83 bits per heavy atom. The molecule has 3 N–H and O–H groups in total. The summed E-state index contributed by atoms with van der Waals surface area (Å²) in [4.78, 5) is 5.07. The van der Waals surface area contributed by atoms with Gasteiger partial charge < -0.3 is 0 Å². The molecule has 0 spiro atoms. The van der Waals surface area contributed by atoms with Crippen molar-refractivity contribution in [1.29, 1.82) is 0 Å². The quantitative estimate of drug-likeness (QED) is 0.220. The molecule has 3 rings (SSSR count). The van der Waals surface area contributed by atoms with Gasteiger partial charge in [-0.25, -0.2) is 14.4 Å². The van der Waals surface area contributed by atoms with Gasteiger partial charge in [-0.05, 0) is 53.9 Å². The van der Waals surface area contributed by atoms with E-state index in [4.69, 9.17) is 5.14 Å². The van der Waals surface area contributed by atoms with Crippen molar-refractivity contribution in [3.05, 3.63) is 65.5 Å². The summed E-state index contributed by atoms with van der Waals surface area (Å²) in [5.41, 5.74) is 0.928. The van der Waals surface area contributed by atoms with Crippen molar-refractivity contribution in [2.24, 2.45) is 15.2 Å². The van der Waals surface area contributed by atoms with Crippen LogP contribution < -0.4 is 9.86 Å². The first-order chi connectivity index (χ1) is 14.4. The minimum absolute atomic E-state index is 0.314. The van der Waals surface area contributed by atoms with E-state index in [0.29, 0.717) is 36.1 Å². The largest absolute Gasteiger partial charge is 0.416 e. The number of halogens is 4. The Balaban J connectivity index is 1.70. The van der Waals surface area contributed by atoms with Crippen molar-refractivity contribution in [2.45, 2.75) is 17.5 Å². The van der Waals surface area contributed by atoms with E-state index in [9.17, 15) is 17.6 Å². The lowest BCUT2D eigenvalue weighted by molar-refractivity contribution is -0.137. The van der Waals surface area contributed by atoms with E-state index in [1.807, 2.05) is 0 Å². The molecule has 0 radical (unpaired) electrons. The van der Waals surface area contributed by atoms with Crippen LogP contribution >= 0.6 is 23.9 Å². The average molecular weight is 458 g/mol. The first-order valence-electron chi connectivity index (χ1n) is 8.94. The summed E-state index contributed by atoms with van der Waals surface area (Å²) < 4.78 is 54.4. The van der Waals surface area contributed by atoms with E-state index in [1.54, 1.807) is 17.1 Å². The normalized spacial score (nSPS) is 14.8. The Kier molecular flexibility index (Phi) is 7.62. The second kappa shape index (κ2) is 10.2. The molecule has 2 aromatic rings. The van der Waals surface area contributed by atoms with Crippen molar-refractivity contribution < 1.29 is 17.6 Å². The van der Waals surface area contributed by atoms with E-state index in [0.717, 1.165) is 35.4 Å². The molecule has 0 saturated carbocycles. The zero-order chi connectivity index (χ0) is 21.6. The number of hydrogen-bond acceptors (Lipinski definition) is 5. The highest BCUT2D eigenvalue weighted by Crippen LogP contribution is 2.30. The molecule has 0 saturated heterocycles. The first-order valence-corrected chi connectivity index (χ1v) is 10.8. The van der Waals surface area contributed by atoms with Crippen LogP contribution in [0, 0.1) is 5.82 Å². The van der Waals surface area contributed by atoms with Crippen LogP contribution in [0.2, 0.25) is 0 Å². The summed E-state index contributed by atoms with van der Waals surface area (Å²) in [6.07, 6.45) is -3.72. The van der Waals surface area contributed by atoms with Gasteiger partial charge in [-0.15, -0.1) is 0 Å². The van der Waals surface area contributed by atoms with Crippen molar-refractivity contribution in [2.75, 3.05) is 18.8 Å². The number of benzene rings is 2. The Labute approximate surface area is 180 Å². The zero-order valence-electron chi connectivity index (χ0n) is 15.7. The topological polar surface area (TPSA) is 66.0 Å². The lowest BCUT2D eigenvalue weighted by Crippen LogP contribution is -2.33. The van der Waals surface area contributed by atoms with Crippen molar-refractivity contribution in [3.63, 3.8) is 0 Å². The molecule has 0 bridgehead atoms. The van der Waals surface area contributed by atoms with Crippen molar-refractivity contribution >= 4 is 35.6 Å². The highest BCUT2D eigenvalue weighted by atomic mass is 32.2. The summed E-state index contributed by atoms with van der Waals surface area (Å²) in [5.74, 6) is 0.773. The van der Waals surface area contributed by atoms with E-state index >= 15 is 0 Å². The van der Waals surface area contributed by atoms with Crippen LogP contribution in [0.3, 0.4) is 0 Å². The second-order valence-electron chi connectivity index (χ2n) is 6.23. The Morgan fingerprint density at radius 1 is 1.13 bits per heavy atom. The van der Waals surface area contributed by atoms with Gasteiger partial charge >= 0.3 is 6.18 Å². The van der Waals surface area contributed by atoms with Crippen LogP contribution in [-0.4, -0.2) is 35.5 Å². The molecule has 160 valence electrons. The molecule has 11 heteroatoms. The SMILES string of the molecule is NSCCN=C(NSc1ccc(C(F)(F)F)cc1)N1CCC(c2ccc(F)cc2)=N1. The highest BCUT2D eigenvalue weighted by Gasteiger charge is 2.30. The molecule has 0 unspecified atom stereocenters. The summed E-state index contributed by atoms with van der Waals surface area (Å²) in [5, 5.41) is 11.7. The van der Waals surface area contributed by atoms with E-state index in [2.05, 4.69) is 14.8 Å². The number of nitrogens with zero attached hydrogens (tertiary/aromatic N) is 3. The van der Waals surface area contributed by atoms with Gasteiger partial charge in [0.25, 0.3) is 0 Å². The summed E-state index contributed by atoms with van der Waals surface area (Å²) in [6.45, 7) is 1.02. The van der Waals surface area contributed by atoms with Crippen LogP contribution in [0.5, 0.6) is 0 Å². The summed E-state index contributed by atoms with van der Waals surface area (Å²) >= 11 is 2.31. The van der Waals surface area contributed by atoms with Gasteiger partial charge in [-0.2, -0.15) is 18.3 Å². The van der Waals surface area contributed by atoms with E-state index in [-0.39, 0.29) is 5.82 Å². The van der Waals surface area contributed by atoms with Gasteiger partial charge in [0.1, 0.15) is 5.82 Å².